The minimum atomic E-state index is -0.389. The first-order valence-corrected chi connectivity index (χ1v) is 10.2. The van der Waals surface area contributed by atoms with Crippen LogP contribution in [-0.4, -0.2) is 27.8 Å². The van der Waals surface area contributed by atoms with Gasteiger partial charge in [0.1, 0.15) is 5.75 Å². The number of carbonyl (C=O) groups is 1. The van der Waals surface area contributed by atoms with Crippen LogP contribution in [-0.2, 0) is 6.54 Å². The molecule has 0 aliphatic carbocycles. The maximum absolute atomic E-state index is 13.2. The Hall–Kier alpha value is -3.35. The van der Waals surface area contributed by atoms with Crippen molar-refractivity contribution in [1.82, 2.24) is 14.8 Å². The fourth-order valence-electron chi connectivity index (χ4n) is 3.00. The van der Waals surface area contributed by atoms with Gasteiger partial charge in [0.2, 0.25) is 5.95 Å². The zero-order valence-electron chi connectivity index (χ0n) is 16.5. The minimum Gasteiger partial charge on any atom is -0.497 e. The van der Waals surface area contributed by atoms with Gasteiger partial charge in [0.15, 0.2) is 5.82 Å². The van der Waals surface area contributed by atoms with Crippen molar-refractivity contribution in [2.24, 2.45) is 0 Å². The van der Waals surface area contributed by atoms with Crippen LogP contribution in [0.15, 0.2) is 72.8 Å². The maximum atomic E-state index is 13.2. The predicted molar refractivity (Wildman–Crippen MR) is 122 cm³/mol. The van der Waals surface area contributed by atoms with Crippen molar-refractivity contribution in [3.63, 3.8) is 0 Å². The van der Waals surface area contributed by atoms with Crippen molar-refractivity contribution >= 4 is 35.1 Å². The molecule has 0 unspecified atom stereocenters. The van der Waals surface area contributed by atoms with Crippen LogP contribution in [0.1, 0.15) is 15.9 Å². The molecule has 0 bridgehead atoms. The molecule has 0 saturated heterocycles. The van der Waals surface area contributed by atoms with E-state index in [0.717, 1.165) is 11.1 Å². The van der Waals surface area contributed by atoms with Gasteiger partial charge < -0.3 is 10.1 Å². The Labute approximate surface area is 189 Å². The van der Waals surface area contributed by atoms with Gasteiger partial charge in [-0.15, -0.1) is 5.10 Å². The van der Waals surface area contributed by atoms with E-state index in [9.17, 15) is 4.79 Å². The van der Waals surface area contributed by atoms with Crippen LogP contribution in [0.4, 0.5) is 5.95 Å². The summed E-state index contributed by atoms with van der Waals surface area (Å²) < 4.78 is 6.42. The molecule has 4 rings (SSSR count). The molecule has 31 heavy (non-hydrogen) atoms. The molecule has 6 nitrogen and oxygen atoms in total. The summed E-state index contributed by atoms with van der Waals surface area (Å²) in [6, 6.07) is 21.6. The minimum absolute atomic E-state index is 0.288. The highest BCUT2D eigenvalue weighted by Gasteiger charge is 2.20. The van der Waals surface area contributed by atoms with Crippen LogP contribution in [0.3, 0.4) is 0 Å². The second-order valence-electron chi connectivity index (χ2n) is 6.63. The van der Waals surface area contributed by atoms with Crippen molar-refractivity contribution in [2.45, 2.75) is 6.54 Å². The van der Waals surface area contributed by atoms with Gasteiger partial charge in [-0.1, -0.05) is 53.5 Å². The molecule has 3 aromatic carbocycles. The lowest BCUT2D eigenvalue weighted by Gasteiger charge is -2.09. The Morgan fingerprint density at radius 2 is 1.65 bits per heavy atom. The van der Waals surface area contributed by atoms with Gasteiger partial charge in [0, 0.05) is 17.1 Å². The standard InChI is InChI=1S/C23H18Cl2N4O2/c1-31-17-12-10-15(11-13-17)21-27-23(26-14-16-6-2-4-8-19(16)24)29(28-21)22(30)18-7-3-5-9-20(18)25/h2-13H,14H2,1H3,(H,26,27,28). The summed E-state index contributed by atoms with van der Waals surface area (Å²) in [4.78, 5) is 17.8. The third-order valence-corrected chi connectivity index (χ3v) is 5.35. The number of hydrogen-bond acceptors (Lipinski definition) is 5. The van der Waals surface area contributed by atoms with Gasteiger partial charge in [-0.2, -0.15) is 9.67 Å². The smallest absolute Gasteiger partial charge is 0.282 e. The Balaban J connectivity index is 1.72. The summed E-state index contributed by atoms with van der Waals surface area (Å²) in [5.74, 6) is 1.01. The molecule has 0 amide bonds. The number of hydrogen-bond donors (Lipinski definition) is 1. The monoisotopic (exact) mass is 452 g/mol. The molecular formula is C23H18Cl2N4O2. The molecule has 1 aromatic heterocycles. The first-order valence-electron chi connectivity index (χ1n) is 9.45. The normalized spacial score (nSPS) is 10.7. The molecule has 0 radical (unpaired) electrons. The number of carbonyl (C=O) groups excluding carboxylic acids is 1. The van der Waals surface area contributed by atoms with Gasteiger partial charge in [0.05, 0.1) is 17.7 Å². The number of ether oxygens (including phenoxy) is 1. The largest absolute Gasteiger partial charge is 0.497 e. The van der Waals surface area contributed by atoms with Crippen molar-refractivity contribution in [3.05, 3.63) is 94.0 Å². The summed E-state index contributed by atoms with van der Waals surface area (Å²) in [5, 5.41) is 8.58. The Bertz CT molecular complexity index is 1220. The highest BCUT2D eigenvalue weighted by atomic mass is 35.5. The first kappa shape index (κ1) is 20.9. The van der Waals surface area contributed by atoms with E-state index < -0.39 is 0 Å². The van der Waals surface area contributed by atoms with Crippen molar-refractivity contribution in [3.8, 4) is 17.1 Å². The van der Waals surface area contributed by atoms with Crippen LogP contribution < -0.4 is 10.1 Å². The Morgan fingerprint density at radius 1 is 0.968 bits per heavy atom. The number of anilines is 1. The quantitative estimate of drug-likeness (QED) is 0.414. The SMILES string of the molecule is COc1ccc(-c2nc(NCc3ccccc3Cl)n(C(=O)c3ccccc3Cl)n2)cc1. The predicted octanol–water partition coefficient (Wildman–Crippen LogP) is 5.56. The molecule has 8 heteroatoms. The van der Waals surface area contributed by atoms with Crippen LogP contribution >= 0.6 is 23.2 Å². The van der Waals surface area contributed by atoms with Crippen molar-refractivity contribution in [2.75, 3.05) is 12.4 Å². The maximum Gasteiger partial charge on any atom is 0.282 e. The molecule has 0 spiro atoms. The zero-order valence-corrected chi connectivity index (χ0v) is 18.1. The average molecular weight is 453 g/mol. The van der Waals surface area contributed by atoms with Crippen molar-refractivity contribution in [1.29, 1.82) is 0 Å². The lowest BCUT2D eigenvalue weighted by molar-refractivity contribution is 0.0947. The van der Waals surface area contributed by atoms with E-state index in [4.69, 9.17) is 27.9 Å². The third-order valence-electron chi connectivity index (χ3n) is 4.65. The summed E-state index contributed by atoms with van der Waals surface area (Å²) >= 11 is 12.5. The fourth-order valence-corrected chi connectivity index (χ4v) is 3.41. The summed E-state index contributed by atoms with van der Waals surface area (Å²) in [6.07, 6.45) is 0. The highest BCUT2D eigenvalue weighted by molar-refractivity contribution is 6.34. The summed E-state index contributed by atoms with van der Waals surface area (Å²) in [7, 11) is 1.60. The second-order valence-corrected chi connectivity index (χ2v) is 7.44. The molecule has 1 N–H and O–H groups in total. The van der Waals surface area contributed by atoms with E-state index in [0.29, 0.717) is 33.7 Å². The number of rotatable bonds is 6. The van der Waals surface area contributed by atoms with Gasteiger partial charge >= 0.3 is 0 Å². The Morgan fingerprint density at radius 3 is 2.32 bits per heavy atom. The molecular weight excluding hydrogens is 435 g/mol. The zero-order chi connectivity index (χ0) is 21.8. The van der Waals surface area contributed by atoms with E-state index in [2.05, 4.69) is 15.4 Å². The number of aromatic nitrogens is 3. The molecule has 0 fully saturated rings. The highest BCUT2D eigenvalue weighted by Crippen LogP contribution is 2.24. The molecule has 0 aliphatic heterocycles. The number of methoxy groups -OCH3 is 1. The topological polar surface area (TPSA) is 69.0 Å². The molecule has 156 valence electrons. The molecule has 4 aromatic rings. The number of nitrogens with one attached hydrogen (secondary N) is 1. The van der Waals surface area contributed by atoms with E-state index in [1.807, 2.05) is 42.5 Å². The van der Waals surface area contributed by atoms with Crippen LogP contribution in [0.25, 0.3) is 11.4 Å². The Kier molecular flexibility index (Phi) is 6.21. The van der Waals surface area contributed by atoms with E-state index >= 15 is 0 Å². The second kappa shape index (κ2) is 9.20. The fraction of sp³-hybridized carbons (Fsp3) is 0.0870. The van der Waals surface area contributed by atoms with Gasteiger partial charge in [0.25, 0.3) is 5.91 Å². The van der Waals surface area contributed by atoms with Gasteiger partial charge in [-0.05, 0) is 48.0 Å². The molecule has 0 aliphatic rings. The summed E-state index contributed by atoms with van der Waals surface area (Å²) in [6.45, 7) is 0.371. The lowest BCUT2D eigenvalue weighted by Crippen LogP contribution is -2.18. The third kappa shape index (κ3) is 4.55. The number of halogens is 2. The van der Waals surface area contributed by atoms with Crippen LogP contribution in [0.5, 0.6) is 5.75 Å². The van der Waals surface area contributed by atoms with Crippen LogP contribution in [0, 0.1) is 0 Å². The number of benzene rings is 3. The molecule has 0 saturated carbocycles. The van der Waals surface area contributed by atoms with E-state index in [1.165, 1.54) is 4.68 Å². The first-order chi connectivity index (χ1) is 15.1. The lowest BCUT2D eigenvalue weighted by atomic mass is 10.2. The molecule has 0 atom stereocenters. The summed E-state index contributed by atoms with van der Waals surface area (Å²) in [5.41, 5.74) is 1.94. The van der Waals surface area contributed by atoms with Gasteiger partial charge in [-0.25, -0.2) is 0 Å². The van der Waals surface area contributed by atoms with Crippen LogP contribution in [0.2, 0.25) is 10.0 Å². The van der Waals surface area contributed by atoms with Crippen molar-refractivity contribution < 1.29 is 9.53 Å². The van der Waals surface area contributed by atoms with E-state index in [-0.39, 0.29) is 11.9 Å². The number of nitrogens with zero attached hydrogens (tertiary/aromatic N) is 3. The molecule has 1 heterocycles. The average Bonchev–Trinajstić information content (AvgIpc) is 3.23. The van der Waals surface area contributed by atoms with E-state index in [1.54, 1.807) is 37.4 Å². The van der Waals surface area contributed by atoms with Gasteiger partial charge in [-0.3, -0.25) is 4.79 Å².